The van der Waals surface area contributed by atoms with Gasteiger partial charge in [0.2, 0.25) is 0 Å². The molecule has 0 unspecified atom stereocenters. The Hall–Kier alpha value is -1.86. The molecule has 0 aliphatic carbocycles. The molecule has 0 aliphatic rings. The van der Waals surface area contributed by atoms with E-state index in [4.69, 9.17) is 0 Å². The highest BCUT2D eigenvalue weighted by Gasteiger charge is 2.16. The van der Waals surface area contributed by atoms with Gasteiger partial charge >= 0.3 is 0 Å². The molecule has 0 fully saturated rings. The van der Waals surface area contributed by atoms with Crippen molar-refractivity contribution in [3.05, 3.63) is 42.4 Å². The topological polar surface area (TPSA) is 76.0 Å². The Balaban J connectivity index is 2.16. The van der Waals surface area contributed by atoms with Crippen LogP contribution in [0.2, 0.25) is 0 Å². The Labute approximate surface area is 112 Å². The monoisotopic (exact) mass is 280 g/mol. The molecule has 0 atom stereocenters. The molecule has 102 valence electrons. The van der Waals surface area contributed by atoms with Crippen molar-refractivity contribution in [2.45, 2.75) is 11.6 Å². The van der Waals surface area contributed by atoms with E-state index in [9.17, 15) is 8.42 Å². The van der Waals surface area contributed by atoms with E-state index in [0.717, 1.165) is 12.1 Å². The Bertz CT molecular complexity index is 647. The van der Waals surface area contributed by atoms with Crippen LogP contribution in [-0.2, 0) is 23.6 Å². The summed E-state index contributed by atoms with van der Waals surface area (Å²) >= 11 is 0. The fourth-order valence-corrected chi connectivity index (χ4v) is 2.67. The van der Waals surface area contributed by atoms with E-state index in [1.165, 1.54) is 12.5 Å². The van der Waals surface area contributed by atoms with Crippen LogP contribution in [0.1, 0.15) is 5.56 Å². The molecule has 0 radical (unpaired) electrons. The molecular formula is C12H16N4O2S. The van der Waals surface area contributed by atoms with Crippen LogP contribution in [0.15, 0.2) is 41.8 Å². The van der Waals surface area contributed by atoms with E-state index in [-0.39, 0.29) is 5.03 Å². The third-order valence-corrected chi connectivity index (χ3v) is 3.81. The van der Waals surface area contributed by atoms with Gasteiger partial charge in [-0.1, -0.05) is 12.1 Å². The van der Waals surface area contributed by atoms with Crippen molar-refractivity contribution in [2.75, 3.05) is 11.8 Å². The van der Waals surface area contributed by atoms with Crippen molar-refractivity contribution in [2.24, 2.45) is 7.05 Å². The van der Waals surface area contributed by atoms with Gasteiger partial charge in [0.15, 0.2) is 5.03 Å². The number of nitrogens with one attached hydrogen (secondary N) is 2. The number of sulfonamides is 1. The van der Waals surface area contributed by atoms with Crippen molar-refractivity contribution in [3.8, 4) is 0 Å². The Kier molecular flexibility index (Phi) is 3.87. The minimum atomic E-state index is -3.62. The molecule has 1 heterocycles. The van der Waals surface area contributed by atoms with E-state index in [1.807, 2.05) is 19.2 Å². The molecular weight excluding hydrogens is 264 g/mol. The number of aryl methyl sites for hydroxylation is 1. The zero-order chi connectivity index (χ0) is 13.9. The van der Waals surface area contributed by atoms with Gasteiger partial charge in [0.1, 0.15) is 0 Å². The number of rotatable bonds is 5. The first-order valence-electron chi connectivity index (χ1n) is 5.75. The molecule has 0 spiro atoms. The average molecular weight is 280 g/mol. The van der Waals surface area contributed by atoms with Crippen LogP contribution >= 0.6 is 0 Å². The van der Waals surface area contributed by atoms with Gasteiger partial charge in [-0.2, -0.15) is 8.42 Å². The zero-order valence-corrected chi connectivity index (χ0v) is 11.6. The maximum atomic E-state index is 12.0. The van der Waals surface area contributed by atoms with Gasteiger partial charge in [-0.25, -0.2) is 4.98 Å². The van der Waals surface area contributed by atoms with Crippen LogP contribution in [-0.4, -0.2) is 25.0 Å². The minimum absolute atomic E-state index is 0.00861. The molecule has 0 aliphatic heterocycles. The quantitative estimate of drug-likeness (QED) is 0.854. The molecule has 7 heteroatoms. The molecule has 0 bridgehead atoms. The lowest BCUT2D eigenvalue weighted by Gasteiger charge is -2.06. The van der Waals surface area contributed by atoms with E-state index >= 15 is 0 Å². The van der Waals surface area contributed by atoms with Crippen LogP contribution in [0, 0.1) is 0 Å². The second-order valence-electron chi connectivity index (χ2n) is 4.21. The first-order valence-corrected chi connectivity index (χ1v) is 7.24. The lowest BCUT2D eigenvalue weighted by Crippen LogP contribution is -2.13. The van der Waals surface area contributed by atoms with Gasteiger partial charge in [0.05, 0.1) is 6.33 Å². The molecule has 0 amide bonds. The standard InChI is InChI=1S/C12H16N4O2S/c1-13-7-10-3-5-11(6-4-10)15-19(17,18)12-8-16(2)9-14-12/h3-6,8-9,13,15H,7H2,1-2H3. The number of anilines is 1. The lowest BCUT2D eigenvalue weighted by atomic mass is 10.2. The molecule has 1 aromatic heterocycles. The second kappa shape index (κ2) is 5.41. The molecule has 6 nitrogen and oxygen atoms in total. The molecule has 2 aromatic rings. The average Bonchev–Trinajstić information content (AvgIpc) is 2.79. The van der Waals surface area contributed by atoms with Gasteiger partial charge in [-0.05, 0) is 24.7 Å². The highest BCUT2D eigenvalue weighted by atomic mass is 32.2. The molecule has 1 aromatic carbocycles. The summed E-state index contributed by atoms with van der Waals surface area (Å²) in [6.45, 7) is 0.743. The summed E-state index contributed by atoms with van der Waals surface area (Å²) in [7, 11) is -0.0356. The van der Waals surface area contributed by atoms with Crippen LogP contribution < -0.4 is 10.0 Å². The number of hydrogen-bond acceptors (Lipinski definition) is 4. The maximum Gasteiger partial charge on any atom is 0.280 e. The number of imidazole rings is 1. The Morgan fingerprint density at radius 1 is 1.26 bits per heavy atom. The fraction of sp³-hybridized carbons (Fsp3) is 0.250. The third-order valence-electron chi connectivity index (χ3n) is 2.54. The van der Waals surface area contributed by atoms with E-state index in [0.29, 0.717) is 5.69 Å². The predicted molar refractivity (Wildman–Crippen MR) is 73.2 cm³/mol. The van der Waals surface area contributed by atoms with E-state index < -0.39 is 10.0 Å². The second-order valence-corrected chi connectivity index (χ2v) is 5.84. The number of aromatic nitrogens is 2. The highest BCUT2D eigenvalue weighted by Crippen LogP contribution is 2.15. The SMILES string of the molecule is CNCc1ccc(NS(=O)(=O)c2cn(C)cn2)cc1. The Morgan fingerprint density at radius 2 is 1.95 bits per heavy atom. The first kappa shape index (κ1) is 13.6. The van der Waals surface area contributed by atoms with Crippen molar-refractivity contribution in [1.82, 2.24) is 14.9 Å². The fourth-order valence-electron chi connectivity index (χ4n) is 1.63. The smallest absolute Gasteiger partial charge is 0.280 e. The molecule has 0 saturated heterocycles. The van der Waals surface area contributed by atoms with Crippen molar-refractivity contribution in [1.29, 1.82) is 0 Å². The third kappa shape index (κ3) is 3.33. The minimum Gasteiger partial charge on any atom is -0.339 e. The van der Waals surface area contributed by atoms with Gasteiger partial charge in [-0.15, -0.1) is 0 Å². The summed E-state index contributed by atoms with van der Waals surface area (Å²) in [5.41, 5.74) is 1.61. The van der Waals surface area contributed by atoms with Crippen molar-refractivity contribution < 1.29 is 8.42 Å². The first-order chi connectivity index (χ1) is 9.01. The number of benzene rings is 1. The van der Waals surface area contributed by atoms with E-state index in [1.54, 1.807) is 23.7 Å². The molecule has 2 rings (SSSR count). The normalized spacial score (nSPS) is 11.5. The number of nitrogens with zero attached hydrogens (tertiary/aromatic N) is 2. The summed E-state index contributed by atoms with van der Waals surface area (Å²) in [6, 6.07) is 7.19. The Morgan fingerprint density at radius 3 is 2.47 bits per heavy atom. The van der Waals surface area contributed by atoms with Crippen LogP contribution in [0.4, 0.5) is 5.69 Å². The van der Waals surface area contributed by atoms with Gasteiger partial charge < -0.3 is 9.88 Å². The van der Waals surface area contributed by atoms with Crippen molar-refractivity contribution in [3.63, 3.8) is 0 Å². The van der Waals surface area contributed by atoms with Gasteiger partial charge in [0.25, 0.3) is 10.0 Å². The predicted octanol–water partition coefficient (Wildman–Crippen LogP) is 0.940. The highest BCUT2D eigenvalue weighted by molar-refractivity contribution is 7.92. The van der Waals surface area contributed by atoms with Gasteiger partial charge in [0, 0.05) is 25.5 Å². The maximum absolute atomic E-state index is 12.0. The summed E-state index contributed by atoms with van der Waals surface area (Å²) in [5.74, 6) is 0. The largest absolute Gasteiger partial charge is 0.339 e. The van der Waals surface area contributed by atoms with Crippen LogP contribution in [0.3, 0.4) is 0 Å². The molecule has 19 heavy (non-hydrogen) atoms. The van der Waals surface area contributed by atoms with Crippen LogP contribution in [0.25, 0.3) is 0 Å². The molecule has 2 N–H and O–H groups in total. The van der Waals surface area contributed by atoms with E-state index in [2.05, 4.69) is 15.0 Å². The zero-order valence-electron chi connectivity index (χ0n) is 10.8. The summed E-state index contributed by atoms with van der Waals surface area (Å²) in [6.07, 6.45) is 2.91. The number of hydrogen-bond donors (Lipinski definition) is 2. The summed E-state index contributed by atoms with van der Waals surface area (Å²) < 4.78 is 28.1. The summed E-state index contributed by atoms with van der Waals surface area (Å²) in [4.78, 5) is 3.83. The van der Waals surface area contributed by atoms with Gasteiger partial charge in [-0.3, -0.25) is 4.72 Å². The van der Waals surface area contributed by atoms with Crippen molar-refractivity contribution >= 4 is 15.7 Å². The summed E-state index contributed by atoms with van der Waals surface area (Å²) in [5, 5.41) is 3.04. The van der Waals surface area contributed by atoms with Crippen LogP contribution in [0.5, 0.6) is 0 Å². The molecule has 0 saturated carbocycles. The lowest BCUT2D eigenvalue weighted by molar-refractivity contribution is 0.598.